The fourth-order valence-corrected chi connectivity index (χ4v) is 3.13. The van der Waals surface area contributed by atoms with Crippen molar-refractivity contribution in [2.45, 2.75) is 45.6 Å². The molecule has 0 fully saturated rings. The van der Waals surface area contributed by atoms with Crippen molar-refractivity contribution in [3.05, 3.63) is 16.5 Å². The third-order valence-electron chi connectivity index (χ3n) is 3.14. The van der Waals surface area contributed by atoms with E-state index in [2.05, 4.69) is 21.7 Å². The lowest BCUT2D eigenvalue weighted by molar-refractivity contribution is 0.0959. The van der Waals surface area contributed by atoms with E-state index in [0.717, 1.165) is 6.42 Å². The van der Waals surface area contributed by atoms with Crippen LogP contribution in [0, 0.1) is 0 Å². The lowest BCUT2D eigenvalue weighted by Gasteiger charge is -2.05. The van der Waals surface area contributed by atoms with E-state index in [1.165, 1.54) is 36.2 Å². The number of hydrogen-bond acceptors (Lipinski definition) is 5. The number of carbonyl (C=O) groups excluding carboxylic acids is 1. The van der Waals surface area contributed by atoms with Crippen LogP contribution in [0.1, 0.15) is 49.2 Å². The lowest BCUT2D eigenvalue weighted by atomic mass is 10.2. The highest BCUT2D eigenvalue weighted by Crippen LogP contribution is 2.25. The highest BCUT2D eigenvalue weighted by molar-refractivity contribution is 7.18. The second kappa shape index (κ2) is 6.74. The van der Waals surface area contributed by atoms with Crippen LogP contribution >= 0.6 is 11.3 Å². The fourth-order valence-electron chi connectivity index (χ4n) is 2.18. The zero-order valence-corrected chi connectivity index (χ0v) is 12.8. The summed E-state index contributed by atoms with van der Waals surface area (Å²) in [4.78, 5) is 16.7. The number of nitrogens with zero attached hydrogens (tertiary/aromatic N) is 1. The molecule has 0 saturated heterocycles. The normalized spacial score (nSPS) is 14.4. The van der Waals surface area contributed by atoms with Gasteiger partial charge in [0, 0.05) is 12.6 Å². The van der Waals surface area contributed by atoms with Crippen molar-refractivity contribution in [3.8, 4) is 0 Å². The molecule has 1 aromatic rings. The van der Waals surface area contributed by atoms with E-state index in [9.17, 15) is 4.79 Å². The Morgan fingerprint density at radius 3 is 3.00 bits per heavy atom. The van der Waals surface area contributed by atoms with E-state index < -0.39 is 0 Å². The molecule has 1 aliphatic carbocycles. The molecular formula is C14H22N4OS. The minimum Gasteiger partial charge on any atom is -0.382 e. The van der Waals surface area contributed by atoms with E-state index in [1.54, 1.807) is 0 Å². The van der Waals surface area contributed by atoms with Crippen molar-refractivity contribution in [1.82, 2.24) is 10.3 Å². The van der Waals surface area contributed by atoms with E-state index in [0.29, 0.717) is 22.4 Å². The molecule has 0 saturated carbocycles. The van der Waals surface area contributed by atoms with Crippen LogP contribution in [0.25, 0.3) is 0 Å². The van der Waals surface area contributed by atoms with Crippen LogP contribution in [0.2, 0.25) is 0 Å². The van der Waals surface area contributed by atoms with E-state index in [4.69, 9.17) is 5.73 Å². The highest BCUT2D eigenvalue weighted by Gasteiger charge is 2.16. The summed E-state index contributed by atoms with van der Waals surface area (Å²) in [5.74, 6) is 0.172. The molecule has 1 aliphatic rings. The standard InChI is InChI=1S/C14H22N4OS/c1-9(2)17-14-18-12(15)11(20-14)13(19)16-8-7-10-5-3-4-6-10/h5,9H,3-4,6-8,15H2,1-2H3,(H,16,19)(H,17,18). The van der Waals surface area contributed by atoms with E-state index >= 15 is 0 Å². The van der Waals surface area contributed by atoms with Crippen molar-refractivity contribution in [2.75, 3.05) is 17.6 Å². The Morgan fingerprint density at radius 2 is 2.35 bits per heavy atom. The monoisotopic (exact) mass is 294 g/mol. The molecule has 4 N–H and O–H groups in total. The van der Waals surface area contributed by atoms with Crippen LogP contribution in [0.5, 0.6) is 0 Å². The van der Waals surface area contributed by atoms with Gasteiger partial charge in [-0.25, -0.2) is 4.98 Å². The summed E-state index contributed by atoms with van der Waals surface area (Å²) in [5, 5.41) is 6.77. The first-order chi connectivity index (χ1) is 9.56. The smallest absolute Gasteiger partial charge is 0.265 e. The number of hydrogen-bond donors (Lipinski definition) is 3. The van der Waals surface area contributed by atoms with Crippen LogP contribution in [-0.2, 0) is 0 Å². The van der Waals surface area contributed by atoms with Crippen molar-refractivity contribution in [2.24, 2.45) is 0 Å². The highest BCUT2D eigenvalue weighted by atomic mass is 32.1. The van der Waals surface area contributed by atoms with Crippen molar-refractivity contribution in [1.29, 1.82) is 0 Å². The zero-order chi connectivity index (χ0) is 14.5. The van der Waals surface area contributed by atoms with Crippen LogP contribution < -0.4 is 16.4 Å². The van der Waals surface area contributed by atoms with Crippen LogP contribution in [-0.4, -0.2) is 23.5 Å². The number of allylic oxidation sites excluding steroid dienone is 1. The number of nitrogens with two attached hydrogens (primary N) is 1. The minimum atomic E-state index is -0.129. The number of amides is 1. The number of aromatic nitrogens is 1. The summed E-state index contributed by atoms with van der Waals surface area (Å²) in [5.41, 5.74) is 7.25. The first kappa shape index (κ1) is 14.8. The molecule has 6 heteroatoms. The Morgan fingerprint density at radius 1 is 1.55 bits per heavy atom. The molecule has 1 aromatic heterocycles. The maximum Gasteiger partial charge on any atom is 0.265 e. The molecule has 2 rings (SSSR count). The average molecular weight is 294 g/mol. The van der Waals surface area contributed by atoms with Crippen LogP contribution in [0.15, 0.2) is 11.6 Å². The van der Waals surface area contributed by atoms with Gasteiger partial charge in [-0.1, -0.05) is 23.0 Å². The molecule has 0 atom stereocenters. The van der Waals surface area contributed by atoms with Crippen LogP contribution in [0.3, 0.4) is 0 Å². The molecule has 20 heavy (non-hydrogen) atoms. The predicted molar refractivity (Wildman–Crippen MR) is 84.2 cm³/mol. The maximum atomic E-state index is 12.1. The Kier molecular flexibility index (Phi) is 5.00. The minimum absolute atomic E-state index is 0.129. The SMILES string of the molecule is CC(C)Nc1nc(N)c(C(=O)NCCC2=CCCC2)s1. The van der Waals surface area contributed by atoms with E-state index in [1.807, 2.05) is 13.8 Å². The van der Waals surface area contributed by atoms with Gasteiger partial charge < -0.3 is 16.4 Å². The topological polar surface area (TPSA) is 80.0 Å². The second-order valence-corrected chi connectivity index (χ2v) is 6.29. The summed E-state index contributed by atoms with van der Waals surface area (Å²) in [6.07, 6.45) is 6.80. The Balaban J connectivity index is 1.86. The van der Waals surface area contributed by atoms with Crippen LogP contribution in [0.4, 0.5) is 10.9 Å². The van der Waals surface area contributed by atoms with Gasteiger partial charge in [0.05, 0.1) is 0 Å². The van der Waals surface area contributed by atoms with Crippen molar-refractivity contribution in [3.63, 3.8) is 0 Å². The number of thiazole rings is 1. The Bertz CT molecular complexity index is 507. The van der Waals surface area contributed by atoms with Gasteiger partial charge in [0.2, 0.25) is 0 Å². The summed E-state index contributed by atoms with van der Waals surface area (Å²) in [6.45, 7) is 4.70. The van der Waals surface area contributed by atoms with E-state index in [-0.39, 0.29) is 11.9 Å². The third-order valence-corrected chi connectivity index (χ3v) is 4.14. The van der Waals surface area contributed by atoms with Gasteiger partial charge in [-0.2, -0.15) is 0 Å². The van der Waals surface area contributed by atoms with Gasteiger partial charge in [-0.05, 0) is 39.5 Å². The molecule has 1 amide bonds. The van der Waals surface area contributed by atoms with Gasteiger partial charge in [-0.15, -0.1) is 0 Å². The number of carbonyl (C=O) groups is 1. The molecule has 0 unspecified atom stereocenters. The number of nitrogen functional groups attached to an aromatic ring is 1. The Hall–Kier alpha value is -1.56. The van der Waals surface area contributed by atoms with Gasteiger partial charge in [0.1, 0.15) is 10.7 Å². The van der Waals surface area contributed by atoms with Gasteiger partial charge in [0.25, 0.3) is 5.91 Å². The lowest BCUT2D eigenvalue weighted by Crippen LogP contribution is -2.24. The summed E-state index contributed by atoms with van der Waals surface area (Å²) < 4.78 is 0. The zero-order valence-electron chi connectivity index (χ0n) is 12.0. The van der Waals surface area contributed by atoms with Gasteiger partial charge in [0.15, 0.2) is 5.13 Å². The molecule has 0 aliphatic heterocycles. The van der Waals surface area contributed by atoms with Gasteiger partial charge >= 0.3 is 0 Å². The number of anilines is 2. The molecule has 1 heterocycles. The molecule has 0 spiro atoms. The summed E-state index contributed by atoms with van der Waals surface area (Å²) in [6, 6.07) is 0.269. The summed E-state index contributed by atoms with van der Waals surface area (Å²) >= 11 is 1.30. The molecule has 5 nitrogen and oxygen atoms in total. The fraction of sp³-hybridized carbons (Fsp3) is 0.571. The maximum absolute atomic E-state index is 12.1. The van der Waals surface area contributed by atoms with Crippen molar-refractivity contribution < 1.29 is 4.79 Å². The first-order valence-corrected chi connectivity index (χ1v) is 7.87. The Labute approximate surface area is 123 Å². The molecule has 110 valence electrons. The van der Waals surface area contributed by atoms with Gasteiger partial charge in [-0.3, -0.25) is 4.79 Å². The largest absolute Gasteiger partial charge is 0.382 e. The molecule has 0 aromatic carbocycles. The second-order valence-electron chi connectivity index (χ2n) is 5.29. The molecule has 0 radical (unpaired) electrons. The predicted octanol–water partition coefficient (Wildman–Crippen LogP) is 2.78. The molecule has 0 bridgehead atoms. The summed E-state index contributed by atoms with van der Waals surface area (Å²) in [7, 11) is 0. The third kappa shape index (κ3) is 3.96. The number of nitrogens with one attached hydrogen (secondary N) is 2. The number of rotatable bonds is 6. The van der Waals surface area contributed by atoms with Crippen molar-refractivity contribution >= 4 is 28.2 Å². The molecular weight excluding hydrogens is 272 g/mol. The first-order valence-electron chi connectivity index (χ1n) is 7.05. The average Bonchev–Trinajstić information content (AvgIpc) is 2.98. The quantitative estimate of drug-likeness (QED) is 0.705.